The number of rotatable bonds is 8. The van der Waals surface area contributed by atoms with E-state index in [1.165, 1.54) is 4.57 Å². The number of aromatic nitrogens is 3. The molecule has 4 aromatic rings. The Hall–Kier alpha value is -3.56. The van der Waals surface area contributed by atoms with Crippen molar-refractivity contribution in [1.29, 1.82) is 0 Å². The Bertz CT molecular complexity index is 1510. The number of nitrogens with zero attached hydrogens (tertiary/aromatic N) is 4. The van der Waals surface area contributed by atoms with Crippen LogP contribution in [-0.4, -0.2) is 52.6 Å². The lowest BCUT2D eigenvalue weighted by Crippen LogP contribution is -2.37. The number of benzene rings is 2. The molecule has 0 aliphatic carbocycles. The summed E-state index contributed by atoms with van der Waals surface area (Å²) >= 11 is 3.60. The Morgan fingerprint density at radius 1 is 1.11 bits per heavy atom. The average Bonchev–Trinajstić information content (AvgIpc) is 2.84. The van der Waals surface area contributed by atoms with Crippen molar-refractivity contribution in [3.63, 3.8) is 0 Å². The number of pyridine rings is 1. The maximum absolute atomic E-state index is 13.8. The van der Waals surface area contributed by atoms with Crippen molar-refractivity contribution in [2.45, 2.75) is 33.0 Å². The first-order valence-corrected chi connectivity index (χ1v) is 12.7. The molecule has 0 radical (unpaired) electrons. The molecular formula is C28H30BrN5O3. The second-order valence-electron chi connectivity index (χ2n) is 9.46. The number of hydrogen-bond donors (Lipinski definition) is 1. The monoisotopic (exact) mass is 563 g/mol. The molecule has 2 aromatic heterocycles. The van der Waals surface area contributed by atoms with Gasteiger partial charge in [-0.05, 0) is 75.5 Å². The number of halogens is 1. The fourth-order valence-corrected chi connectivity index (χ4v) is 4.72. The van der Waals surface area contributed by atoms with Gasteiger partial charge in [0.2, 0.25) is 5.91 Å². The van der Waals surface area contributed by atoms with Crippen LogP contribution in [-0.2, 0) is 17.9 Å². The van der Waals surface area contributed by atoms with Gasteiger partial charge in [-0.2, -0.15) is 0 Å². The SMILES string of the molecule is COc1cccc(-c2nc3ncc(-c4cc(Br)cc(CN(C)C)c4)cc3c(=O)n2CC(=O)NC(C)C)c1. The van der Waals surface area contributed by atoms with Crippen LogP contribution in [0.5, 0.6) is 5.75 Å². The van der Waals surface area contributed by atoms with Crippen molar-refractivity contribution >= 4 is 32.9 Å². The second-order valence-corrected chi connectivity index (χ2v) is 10.4. The van der Waals surface area contributed by atoms with E-state index in [4.69, 9.17) is 9.72 Å². The zero-order valence-corrected chi connectivity index (χ0v) is 23.2. The lowest BCUT2D eigenvalue weighted by molar-refractivity contribution is -0.122. The topological polar surface area (TPSA) is 89.4 Å². The van der Waals surface area contributed by atoms with Crippen LogP contribution in [0.4, 0.5) is 0 Å². The number of amides is 1. The maximum atomic E-state index is 13.8. The van der Waals surface area contributed by atoms with Gasteiger partial charge in [-0.25, -0.2) is 9.97 Å². The first kappa shape index (κ1) is 26.5. The van der Waals surface area contributed by atoms with E-state index in [0.717, 1.165) is 27.7 Å². The fourth-order valence-electron chi connectivity index (χ4n) is 4.18. The van der Waals surface area contributed by atoms with Crippen LogP contribution in [0.3, 0.4) is 0 Å². The Morgan fingerprint density at radius 3 is 2.59 bits per heavy atom. The second kappa shape index (κ2) is 11.2. The molecular weight excluding hydrogens is 534 g/mol. The van der Waals surface area contributed by atoms with Crippen molar-refractivity contribution in [1.82, 2.24) is 24.8 Å². The Kier molecular flexibility index (Phi) is 8.04. The van der Waals surface area contributed by atoms with Gasteiger partial charge in [-0.1, -0.05) is 28.1 Å². The van der Waals surface area contributed by atoms with Crippen molar-refractivity contribution in [3.8, 4) is 28.3 Å². The number of fused-ring (bicyclic) bond motifs is 1. The molecule has 9 heteroatoms. The van der Waals surface area contributed by atoms with Gasteiger partial charge in [0.1, 0.15) is 18.1 Å². The van der Waals surface area contributed by atoms with Crippen LogP contribution in [0, 0.1) is 0 Å². The molecule has 0 fully saturated rings. The molecule has 0 unspecified atom stereocenters. The normalized spacial score (nSPS) is 11.4. The third-order valence-corrected chi connectivity index (χ3v) is 6.14. The molecule has 37 heavy (non-hydrogen) atoms. The molecule has 0 saturated carbocycles. The fraction of sp³-hybridized carbons (Fsp3) is 0.286. The highest BCUT2D eigenvalue weighted by Gasteiger charge is 2.18. The molecule has 0 aliphatic heterocycles. The van der Waals surface area contributed by atoms with Gasteiger partial charge in [-0.3, -0.25) is 14.2 Å². The minimum absolute atomic E-state index is 0.0574. The molecule has 4 rings (SSSR count). The van der Waals surface area contributed by atoms with E-state index in [-0.39, 0.29) is 24.1 Å². The standard InChI is InChI=1S/C28H30BrN5O3/c1-17(2)31-25(35)16-34-27(19-7-6-8-23(12-19)37-5)32-26-24(28(34)36)13-21(14-30-26)20-9-18(15-33(3)4)10-22(29)11-20/h6-14,17H,15-16H2,1-5H3,(H,31,35). The molecule has 0 saturated heterocycles. The number of nitrogens with one attached hydrogen (secondary N) is 1. The first-order valence-electron chi connectivity index (χ1n) is 11.9. The van der Waals surface area contributed by atoms with Gasteiger partial charge in [0.25, 0.3) is 5.56 Å². The van der Waals surface area contributed by atoms with Gasteiger partial charge in [0.15, 0.2) is 5.65 Å². The van der Waals surface area contributed by atoms with Crippen LogP contribution >= 0.6 is 15.9 Å². The van der Waals surface area contributed by atoms with Gasteiger partial charge >= 0.3 is 0 Å². The third kappa shape index (κ3) is 6.23. The van der Waals surface area contributed by atoms with Crippen LogP contribution in [0.1, 0.15) is 19.4 Å². The molecule has 192 valence electrons. The van der Waals surface area contributed by atoms with Gasteiger partial charge < -0.3 is 15.0 Å². The van der Waals surface area contributed by atoms with Crippen LogP contribution in [0.25, 0.3) is 33.5 Å². The quantitative estimate of drug-likeness (QED) is 0.340. The van der Waals surface area contributed by atoms with E-state index in [1.54, 1.807) is 25.4 Å². The van der Waals surface area contributed by atoms with Gasteiger partial charge in [-0.15, -0.1) is 0 Å². The minimum Gasteiger partial charge on any atom is -0.497 e. The number of carbonyl (C=O) groups is 1. The Labute approximate surface area is 224 Å². The van der Waals surface area contributed by atoms with Crippen molar-refractivity contribution < 1.29 is 9.53 Å². The first-order chi connectivity index (χ1) is 17.6. The summed E-state index contributed by atoms with van der Waals surface area (Å²) in [5.41, 5.74) is 3.49. The molecule has 1 N–H and O–H groups in total. The molecule has 2 aromatic carbocycles. The summed E-state index contributed by atoms with van der Waals surface area (Å²) < 4.78 is 7.70. The van der Waals surface area contributed by atoms with Crippen molar-refractivity contribution in [2.75, 3.05) is 21.2 Å². The van der Waals surface area contributed by atoms with Crippen molar-refractivity contribution in [3.05, 3.63) is 75.1 Å². The van der Waals surface area contributed by atoms with Crippen LogP contribution < -0.4 is 15.6 Å². The minimum atomic E-state index is -0.334. The molecule has 0 bridgehead atoms. The molecule has 0 atom stereocenters. The zero-order chi connectivity index (χ0) is 26.7. The highest BCUT2D eigenvalue weighted by Crippen LogP contribution is 2.28. The maximum Gasteiger partial charge on any atom is 0.263 e. The summed E-state index contributed by atoms with van der Waals surface area (Å²) in [6.45, 7) is 4.36. The lowest BCUT2D eigenvalue weighted by atomic mass is 10.0. The number of ether oxygens (including phenoxy) is 1. The summed E-state index contributed by atoms with van der Waals surface area (Å²) in [5.74, 6) is 0.703. The lowest BCUT2D eigenvalue weighted by Gasteiger charge is -2.16. The molecule has 0 spiro atoms. The van der Waals surface area contributed by atoms with Crippen LogP contribution in [0.2, 0.25) is 0 Å². The molecule has 2 heterocycles. The highest BCUT2D eigenvalue weighted by atomic mass is 79.9. The number of methoxy groups -OCH3 is 1. The third-order valence-electron chi connectivity index (χ3n) is 5.68. The summed E-state index contributed by atoms with van der Waals surface area (Å²) in [7, 11) is 5.61. The summed E-state index contributed by atoms with van der Waals surface area (Å²) in [6.07, 6.45) is 1.72. The van der Waals surface area contributed by atoms with E-state index in [2.05, 4.69) is 43.3 Å². The largest absolute Gasteiger partial charge is 0.497 e. The van der Waals surface area contributed by atoms with E-state index >= 15 is 0 Å². The summed E-state index contributed by atoms with van der Waals surface area (Å²) in [4.78, 5) is 37.9. The summed E-state index contributed by atoms with van der Waals surface area (Å²) in [6, 6.07) is 15.1. The van der Waals surface area contributed by atoms with E-state index in [9.17, 15) is 9.59 Å². The molecule has 1 amide bonds. The van der Waals surface area contributed by atoms with Crippen LogP contribution in [0.15, 0.2) is 64.0 Å². The highest BCUT2D eigenvalue weighted by molar-refractivity contribution is 9.10. The van der Waals surface area contributed by atoms with E-state index in [1.807, 2.05) is 52.2 Å². The van der Waals surface area contributed by atoms with Gasteiger partial charge in [0, 0.05) is 34.4 Å². The molecule has 0 aliphatic rings. The molecule has 8 nitrogen and oxygen atoms in total. The smallest absolute Gasteiger partial charge is 0.263 e. The van der Waals surface area contributed by atoms with E-state index < -0.39 is 0 Å². The average molecular weight is 564 g/mol. The predicted molar refractivity (Wildman–Crippen MR) is 150 cm³/mol. The van der Waals surface area contributed by atoms with Crippen molar-refractivity contribution in [2.24, 2.45) is 0 Å². The number of carbonyl (C=O) groups excluding carboxylic acids is 1. The number of hydrogen-bond acceptors (Lipinski definition) is 6. The Balaban J connectivity index is 1.89. The van der Waals surface area contributed by atoms with E-state index in [0.29, 0.717) is 28.2 Å². The van der Waals surface area contributed by atoms with Gasteiger partial charge in [0.05, 0.1) is 12.5 Å². The summed E-state index contributed by atoms with van der Waals surface area (Å²) in [5, 5.41) is 3.20. The zero-order valence-electron chi connectivity index (χ0n) is 21.6. The predicted octanol–water partition coefficient (Wildman–Crippen LogP) is 4.48. The Morgan fingerprint density at radius 2 is 1.89 bits per heavy atom.